The number of benzene rings is 2. The monoisotopic (exact) mass is 270 g/mol. The first-order valence-corrected chi connectivity index (χ1v) is 6.33. The molecule has 0 aliphatic carbocycles. The van der Waals surface area contributed by atoms with Crippen molar-refractivity contribution >= 4 is 17.3 Å². The maximum atomic E-state index is 12.4. The van der Waals surface area contributed by atoms with Gasteiger partial charge in [0.2, 0.25) is 0 Å². The normalized spacial score (nSPS) is 10.2. The summed E-state index contributed by atoms with van der Waals surface area (Å²) in [6, 6.07) is 14.1. The van der Waals surface area contributed by atoms with Crippen molar-refractivity contribution < 1.29 is 9.90 Å². The SMILES string of the molecule is CN(C)c1ccc(C(=O)N(C)c2cccc(O)c2)cc1. The fourth-order valence-electron chi connectivity index (χ4n) is 1.91. The second-order valence-electron chi connectivity index (χ2n) is 4.83. The Bertz CT molecular complexity index is 606. The van der Waals surface area contributed by atoms with Gasteiger partial charge >= 0.3 is 0 Å². The van der Waals surface area contributed by atoms with E-state index in [1.807, 2.05) is 31.1 Å². The van der Waals surface area contributed by atoms with Crippen molar-refractivity contribution in [3.63, 3.8) is 0 Å². The van der Waals surface area contributed by atoms with E-state index in [2.05, 4.69) is 0 Å². The first-order chi connectivity index (χ1) is 9.49. The van der Waals surface area contributed by atoms with E-state index in [4.69, 9.17) is 0 Å². The average molecular weight is 270 g/mol. The van der Waals surface area contributed by atoms with Gasteiger partial charge in [0, 0.05) is 44.1 Å². The van der Waals surface area contributed by atoms with Gasteiger partial charge in [-0.25, -0.2) is 0 Å². The molecule has 0 heterocycles. The van der Waals surface area contributed by atoms with Crippen LogP contribution < -0.4 is 9.80 Å². The van der Waals surface area contributed by atoms with Crippen LogP contribution >= 0.6 is 0 Å². The third-order valence-electron chi connectivity index (χ3n) is 3.15. The van der Waals surface area contributed by atoms with Gasteiger partial charge in [0.1, 0.15) is 5.75 Å². The largest absolute Gasteiger partial charge is 0.508 e. The van der Waals surface area contributed by atoms with Crippen LogP contribution in [0.4, 0.5) is 11.4 Å². The number of phenolic OH excluding ortho intramolecular Hbond substituents is 1. The molecular weight excluding hydrogens is 252 g/mol. The van der Waals surface area contributed by atoms with Gasteiger partial charge in [0.05, 0.1) is 0 Å². The van der Waals surface area contributed by atoms with Crippen molar-refractivity contribution in [1.82, 2.24) is 0 Å². The minimum absolute atomic E-state index is 0.110. The molecular formula is C16H18N2O2. The summed E-state index contributed by atoms with van der Waals surface area (Å²) in [6.45, 7) is 0. The zero-order chi connectivity index (χ0) is 14.7. The summed E-state index contributed by atoms with van der Waals surface area (Å²) in [5.74, 6) is 0.0333. The molecule has 0 saturated carbocycles. The van der Waals surface area contributed by atoms with Gasteiger partial charge in [-0.05, 0) is 36.4 Å². The number of nitrogens with zero attached hydrogens (tertiary/aromatic N) is 2. The standard InChI is InChI=1S/C16H18N2O2/c1-17(2)13-9-7-12(8-10-13)16(20)18(3)14-5-4-6-15(19)11-14/h4-11,19H,1-3H3. The van der Waals surface area contributed by atoms with Crippen LogP contribution in [0.1, 0.15) is 10.4 Å². The second-order valence-corrected chi connectivity index (χ2v) is 4.83. The maximum absolute atomic E-state index is 12.4. The van der Waals surface area contributed by atoms with Crippen LogP contribution in [0, 0.1) is 0 Å². The summed E-state index contributed by atoms with van der Waals surface area (Å²) in [7, 11) is 5.60. The Kier molecular flexibility index (Phi) is 3.94. The van der Waals surface area contributed by atoms with Gasteiger partial charge in [-0.1, -0.05) is 6.07 Å². The highest BCUT2D eigenvalue weighted by Gasteiger charge is 2.13. The Balaban J connectivity index is 2.22. The van der Waals surface area contributed by atoms with Crippen LogP contribution in [0.2, 0.25) is 0 Å². The van der Waals surface area contributed by atoms with Gasteiger partial charge in [0.15, 0.2) is 0 Å². The van der Waals surface area contributed by atoms with Crippen molar-refractivity contribution in [2.75, 3.05) is 30.9 Å². The van der Waals surface area contributed by atoms with Gasteiger partial charge in [-0.15, -0.1) is 0 Å². The van der Waals surface area contributed by atoms with Crippen molar-refractivity contribution in [3.05, 3.63) is 54.1 Å². The zero-order valence-corrected chi connectivity index (χ0v) is 11.9. The Labute approximate surface area is 118 Å². The highest BCUT2D eigenvalue weighted by atomic mass is 16.3. The minimum atomic E-state index is -0.110. The van der Waals surface area contributed by atoms with E-state index in [1.54, 1.807) is 43.4 Å². The van der Waals surface area contributed by atoms with E-state index in [0.29, 0.717) is 11.3 Å². The molecule has 0 aliphatic heterocycles. The Hall–Kier alpha value is -2.49. The zero-order valence-electron chi connectivity index (χ0n) is 11.9. The molecule has 2 rings (SSSR count). The van der Waals surface area contributed by atoms with Gasteiger partial charge in [-0.3, -0.25) is 4.79 Å². The van der Waals surface area contributed by atoms with E-state index >= 15 is 0 Å². The smallest absolute Gasteiger partial charge is 0.258 e. The third-order valence-corrected chi connectivity index (χ3v) is 3.15. The molecule has 2 aromatic rings. The average Bonchev–Trinajstić information content (AvgIpc) is 2.46. The van der Waals surface area contributed by atoms with Crippen molar-refractivity contribution in [2.24, 2.45) is 0 Å². The fourth-order valence-corrected chi connectivity index (χ4v) is 1.91. The summed E-state index contributed by atoms with van der Waals surface area (Å²) < 4.78 is 0. The predicted octanol–water partition coefficient (Wildman–Crippen LogP) is 2.73. The van der Waals surface area contributed by atoms with E-state index in [1.165, 1.54) is 4.90 Å². The number of hydrogen-bond donors (Lipinski definition) is 1. The molecule has 0 fully saturated rings. The summed E-state index contributed by atoms with van der Waals surface area (Å²) in [6.07, 6.45) is 0. The number of aromatic hydroxyl groups is 1. The molecule has 0 saturated heterocycles. The van der Waals surface area contributed by atoms with Gasteiger partial charge < -0.3 is 14.9 Å². The van der Waals surface area contributed by atoms with Crippen LogP contribution in [-0.4, -0.2) is 32.2 Å². The molecule has 4 heteroatoms. The first kappa shape index (κ1) is 13.9. The number of phenols is 1. The fraction of sp³-hybridized carbons (Fsp3) is 0.188. The Morgan fingerprint density at radius 3 is 2.15 bits per heavy atom. The van der Waals surface area contributed by atoms with Crippen LogP contribution in [0.3, 0.4) is 0 Å². The number of carbonyl (C=O) groups is 1. The lowest BCUT2D eigenvalue weighted by atomic mass is 10.1. The highest BCUT2D eigenvalue weighted by Crippen LogP contribution is 2.21. The topological polar surface area (TPSA) is 43.8 Å². The summed E-state index contributed by atoms with van der Waals surface area (Å²) in [4.78, 5) is 15.9. The molecule has 0 spiro atoms. The molecule has 0 radical (unpaired) electrons. The van der Waals surface area contributed by atoms with Crippen molar-refractivity contribution in [2.45, 2.75) is 0 Å². The van der Waals surface area contributed by atoms with E-state index in [-0.39, 0.29) is 11.7 Å². The van der Waals surface area contributed by atoms with E-state index in [9.17, 15) is 9.90 Å². The molecule has 0 aliphatic rings. The Morgan fingerprint density at radius 2 is 1.60 bits per heavy atom. The highest BCUT2D eigenvalue weighted by molar-refractivity contribution is 6.05. The molecule has 1 N–H and O–H groups in total. The first-order valence-electron chi connectivity index (χ1n) is 6.33. The summed E-state index contributed by atoms with van der Waals surface area (Å²) in [5, 5.41) is 9.47. The van der Waals surface area contributed by atoms with Crippen LogP contribution in [0.5, 0.6) is 5.75 Å². The number of carbonyl (C=O) groups excluding carboxylic acids is 1. The van der Waals surface area contributed by atoms with Gasteiger partial charge in [0.25, 0.3) is 5.91 Å². The molecule has 1 amide bonds. The minimum Gasteiger partial charge on any atom is -0.508 e. The molecule has 0 aromatic heterocycles. The van der Waals surface area contributed by atoms with Crippen LogP contribution in [0.25, 0.3) is 0 Å². The van der Waals surface area contributed by atoms with E-state index in [0.717, 1.165) is 5.69 Å². The third kappa shape index (κ3) is 2.91. The van der Waals surface area contributed by atoms with Crippen molar-refractivity contribution in [3.8, 4) is 5.75 Å². The summed E-state index contributed by atoms with van der Waals surface area (Å²) >= 11 is 0. The lowest BCUT2D eigenvalue weighted by Crippen LogP contribution is -2.26. The molecule has 20 heavy (non-hydrogen) atoms. The molecule has 2 aromatic carbocycles. The lowest BCUT2D eigenvalue weighted by molar-refractivity contribution is 0.0993. The Morgan fingerprint density at radius 1 is 0.950 bits per heavy atom. The van der Waals surface area contributed by atoms with Crippen molar-refractivity contribution in [1.29, 1.82) is 0 Å². The number of hydrogen-bond acceptors (Lipinski definition) is 3. The molecule has 0 atom stereocenters. The number of anilines is 2. The quantitative estimate of drug-likeness (QED) is 0.932. The maximum Gasteiger partial charge on any atom is 0.258 e. The van der Waals surface area contributed by atoms with E-state index < -0.39 is 0 Å². The molecule has 0 unspecified atom stereocenters. The lowest BCUT2D eigenvalue weighted by Gasteiger charge is -2.18. The molecule has 0 bridgehead atoms. The second kappa shape index (κ2) is 5.65. The van der Waals surface area contributed by atoms with Crippen LogP contribution in [-0.2, 0) is 0 Å². The number of amides is 1. The predicted molar refractivity (Wildman–Crippen MR) is 81.6 cm³/mol. The van der Waals surface area contributed by atoms with Crippen LogP contribution in [0.15, 0.2) is 48.5 Å². The van der Waals surface area contributed by atoms with Gasteiger partial charge in [-0.2, -0.15) is 0 Å². The number of rotatable bonds is 3. The molecule has 4 nitrogen and oxygen atoms in total. The molecule has 104 valence electrons. The summed E-state index contributed by atoms with van der Waals surface area (Å²) in [5.41, 5.74) is 2.31.